The fourth-order valence-corrected chi connectivity index (χ4v) is 2.21. The SMILES string of the molecule is COc1cccc(C=NNC(=O)CNc2ccc(C)cc2C)c1O. The summed E-state index contributed by atoms with van der Waals surface area (Å²) in [4.78, 5) is 11.8. The average molecular weight is 327 g/mol. The molecule has 0 aliphatic heterocycles. The third kappa shape index (κ3) is 4.49. The molecule has 0 aliphatic carbocycles. The molecule has 0 atom stereocenters. The first-order valence-corrected chi connectivity index (χ1v) is 7.50. The molecular formula is C18H21N3O3. The van der Waals surface area contributed by atoms with E-state index in [1.54, 1.807) is 18.2 Å². The maximum Gasteiger partial charge on any atom is 0.259 e. The first-order chi connectivity index (χ1) is 11.5. The number of para-hydroxylation sites is 1. The number of carbonyl (C=O) groups excluding carboxylic acids is 1. The number of aromatic hydroxyl groups is 1. The molecule has 0 bridgehead atoms. The minimum atomic E-state index is -0.284. The van der Waals surface area contributed by atoms with Gasteiger partial charge in [-0.1, -0.05) is 23.8 Å². The molecule has 6 heteroatoms. The quantitative estimate of drug-likeness (QED) is 0.562. The molecule has 2 rings (SSSR count). The minimum absolute atomic E-state index is 0.0218. The number of phenolic OH excluding ortho intramolecular Hbond substituents is 1. The highest BCUT2D eigenvalue weighted by atomic mass is 16.5. The summed E-state index contributed by atoms with van der Waals surface area (Å²) in [6, 6.07) is 11.0. The molecule has 0 saturated carbocycles. The van der Waals surface area contributed by atoms with Gasteiger partial charge in [0.2, 0.25) is 0 Å². The van der Waals surface area contributed by atoms with E-state index in [4.69, 9.17) is 4.74 Å². The van der Waals surface area contributed by atoms with Gasteiger partial charge in [-0.25, -0.2) is 5.43 Å². The van der Waals surface area contributed by atoms with Crippen LogP contribution in [0.1, 0.15) is 16.7 Å². The lowest BCUT2D eigenvalue weighted by molar-refractivity contribution is -0.119. The predicted molar refractivity (Wildman–Crippen MR) is 94.8 cm³/mol. The van der Waals surface area contributed by atoms with Gasteiger partial charge in [-0.05, 0) is 37.6 Å². The number of benzene rings is 2. The van der Waals surface area contributed by atoms with Crippen LogP contribution in [0.4, 0.5) is 5.69 Å². The third-order valence-corrected chi connectivity index (χ3v) is 3.46. The number of hydrazone groups is 1. The van der Waals surface area contributed by atoms with E-state index in [0.29, 0.717) is 11.3 Å². The summed E-state index contributed by atoms with van der Waals surface area (Å²) in [7, 11) is 1.47. The summed E-state index contributed by atoms with van der Waals surface area (Å²) in [6.07, 6.45) is 1.37. The summed E-state index contributed by atoms with van der Waals surface area (Å²) < 4.78 is 5.01. The Balaban J connectivity index is 1.89. The van der Waals surface area contributed by atoms with Crippen LogP contribution >= 0.6 is 0 Å². The van der Waals surface area contributed by atoms with Crippen molar-refractivity contribution in [1.82, 2.24) is 5.43 Å². The lowest BCUT2D eigenvalue weighted by atomic mass is 10.1. The number of hydrogen-bond acceptors (Lipinski definition) is 5. The monoisotopic (exact) mass is 327 g/mol. The van der Waals surface area contributed by atoms with Gasteiger partial charge >= 0.3 is 0 Å². The number of amides is 1. The number of phenols is 1. The Morgan fingerprint density at radius 1 is 1.29 bits per heavy atom. The normalized spacial score (nSPS) is 10.6. The summed E-state index contributed by atoms with van der Waals surface area (Å²) in [5.74, 6) is 0.0433. The number of ether oxygens (including phenoxy) is 1. The molecular weight excluding hydrogens is 306 g/mol. The van der Waals surface area contributed by atoms with E-state index in [2.05, 4.69) is 15.8 Å². The molecule has 3 N–H and O–H groups in total. The Hall–Kier alpha value is -3.02. The van der Waals surface area contributed by atoms with Crippen LogP contribution in [0, 0.1) is 13.8 Å². The minimum Gasteiger partial charge on any atom is -0.504 e. The van der Waals surface area contributed by atoms with Crippen molar-refractivity contribution in [1.29, 1.82) is 0 Å². The first-order valence-electron chi connectivity index (χ1n) is 7.50. The Kier molecular flexibility index (Phi) is 5.78. The molecule has 6 nitrogen and oxygen atoms in total. The van der Waals surface area contributed by atoms with Crippen molar-refractivity contribution in [3.63, 3.8) is 0 Å². The van der Waals surface area contributed by atoms with Crippen molar-refractivity contribution < 1.29 is 14.6 Å². The van der Waals surface area contributed by atoms with Crippen molar-refractivity contribution in [3.8, 4) is 11.5 Å². The largest absolute Gasteiger partial charge is 0.504 e. The van der Waals surface area contributed by atoms with Gasteiger partial charge < -0.3 is 15.2 Å². The zero-order chi connectivity index (χ0) is 17.5. The molecule has 0 aliphatic rings. The van der Waals surface area contributed by atoms with Gasteiger partial charge in [-0.15, -0.1) is 0 Å². The second-order valence-electron chi connectivity index (χ2n) is 5.36. The molecule has 24 heavy (non-hydrogen) atoms. The number of anilines is 1. The van der Waals surface area contributed by atoms with E-state index in [1.165, 1.54) is 18.9 Å². The lowest BCUT2D eigenvalue weighted by Gasteiger charge is -2.09. The third-order valence-electron chi connectivity index (χ3n) is 3.46. The van der Waals surface area contributed by atoms with E-state index in [-0.39, 0.29) is 18.2 Å². The topological polar surface area (TPSA) is 83.0 Å². The molecule has 0 spiro atoms. The smallest absolute Gasteiger partial charge is 0.259 e. The second-order valence-corrected chi connectivity index (χ2v) is 5.36. The molecule has 0 saturated heterocycles. The Morgan fingerprint density at radius 2 is 2.08 bits per heavy atom. The second kappa shape index (κ2) is 8.01. The number of aryl methyl sites for hydroxylation is 2. The predicted octanol–water partition coefficient (Wildman–Crippen LogP) is 2.58. The number of rotatable bonds is 6. The molecule has 1 amide bonds. The van der Waals surface area contributed by atoms with E-state index < -0.39 is 0 Å². The molecule has 2 aromatic rings. The van der Waals surface area contributed by atoms with Gasteiger partial charge in [0.1, 0.15) is 0 Å². The molecule has 0 heterocycles. The van der Waals surface area contributed by atoms with Crippen LogP contribution in [-0.4, -0.2) is 30.9 Å². The number of hydrogen-bond donors (Lipinski definition) is 3. The summed E-state index contributed by atoms with van der Waals surface area (Å²) in [6.45, 7) is 4.11. The summed E-state index contributed by atoms with van der Waals surface area (Å²) in [5.41, 5.74) is 6.02. The zero-order valence-electron chi connectivity index (χ0n) is 14.0. The van der Waals surface area contributed by atoms with Crippen LogP contribution in [0.5, 0.6) is 11.5 Å². The average Bonchev–Trinajstić information content (AvgIpc) is 2.55. The standard InChI is InChI=1S/C18H21N3O3/c1-12-7-8-15(13(2)9-12)19-11-17(22)21-20-10-14-5-4-6-16(24-3)18(14)23/h4-10,19,23H,11H2,1-3H3,(H,21,22). The van der Waals surface area contributed by atoms with Gasteiger partial charge in [0, 0.05) is 11.3 Å². The maximum atomic E-state index is 11.8. The number of carbonyl (C=O) groups is 1. The van der Waals surface area contributed by atoms with Crippen LogP contribution in [0.2, 0.25) is 0 Å². The lowest BCUT2D eigenvalue weighted by Crippen LogP contribution is -2.26. The van der Waals surface area contributed by atoms with E-state index in [1.807, 2.05) is 32.0 Å². The van der Waals surface area contributed by atoms with E-state index >= 15 is 0 Å². The highest BCUT2D eigenvalue weighted by molar-refractivity contribution is 5.87. The maximum absolute atomic E-state index is 11.8. The molecule has 126 valence electrons. The zero-order valence-corrected chi connectivity index (χ0v) is 14.0. The highest BCUT2D eigenvalue weighted by Crippen LogP contribution is 2.27. The fraction of sp³-hybridized carbons (Fsp3) is 0.222. The molecule has 0 unspecified atom stereocenters. The van der Waals surface area contributed by atoms with Crippen molar-refractivity contribution >= 4 is 17.8 Å². The summed E-state index contributed by atoms with van der Waals surface area (Å²) >= 11 is 0. The van der Waals surface area contributed by atoms with Crippen molar-refractivity contribution in [2.24, 2.45) is 5.10 Å². The van der Waals surface area contributed by atoms with Crippen LogP contribution in [0.25, 0.3) is 0 Å². The van der Waals surface area contributed by atoms with Crippen LogP contribution in [0.3, 0.4) is 0 Å². The fourth-order valence-electron chi connectivity index (χ4n) is 2.21. The molecule has 0 aromatic heterocycles. The van der Waals surface area contributed by atoms with Crippen LogP contribution in [-0.2, 0) is 4.79 Å². The Morgan fingerprint density at radius 3 is 2.79 bits per heavy atom. The van der Waals surface area contributed by atoms with E-state index in [0.717, 1.165) is 11.3 Å². The molecule has 0 fully saturated rings. The number of nitrogens with one attached hydrogen (secondary N) is 2. The van der Waals surface area contributed by atoms with Gasteiger partial charge in [0.25, 0.3) is 5.91 Å². The van der Waals surface area contributed by atoms with Gasteiger partial charge in [-0.3, -0.25) is 4.79 Å². The Bertz CT molecular complexity index is 757. The van der Waals surface area contributed by atoms with Crippen LogP contribution < -0.4 is 15.5 Å². The van der Waals surface area contributed by atoms with Crippen molar-refractivity contribution in [2.75, 3.05) is 19.0 Å². The van der Waals surface area contributed by atoms with Gasteiger partial charge in [0.15, 0.2) is 11.5 Å². The van der Waals surface area contributed by atoms with Gasteiger partial charge in [0.05, 0.1) is 19.9 Å². The molecule has 0 radical (unpaired) electrons. The Labute approximate surface area is 141 Å². The van der Waals surface area contributed by atoms with Gasteiger partial charge in [-0.2, -0.15) is 5.10 Å². The van der Waals surface area contributed by atoms with Crippen LogP contribution in [0.15, 0.2) is 41.5 Å². The number of methoxy groups -OCH3 is 1. The van der Waals surface area contributed by atoms with E-state index in [9.17, 15) is 9.90 Å². The van der Waals surface area contributed by atoms with Crippen molar-refractivity contribution in [3.05, 3.63) is 53.1 Å². The number of nitrogens with zero attached hydrogens (tertiary/aromatic N) is 1. The van der Waals surface area contributed by atoms with Crippen molar-refractivity contribution in [2.45, 2.75) is 13.8 Å². The summed E-state index contributed by atoms with van der Waals surface area (Å²) in [5, 5.41) is 16.8. The highest BCUT2D eigenvalue weighted by Gasteiger charge is 2.05. The molecule has 2 aromatic carbocycles. The first kappa shape index (κ1) is 17.3.